The molecule has 1 rings (SSSR count). The van der Waals surface area contributed by atoms with Crippen molar-refractivity contribution < 1.29 is 15.0 Å². The highest BCUT2D eigenvalue weighted by Gasteiger charge is 2.09. The summed E-state index contributed by atoms with van der Waals surface area (Å²) in [5.41, 5.74) is 0.821. The van der Waals surface area contributed by atoms with E-state index in [1.807, 2.05) is 4.90 Å². The number of nitrogens with zero attached hydrogens (tertiary/aromatic N) is 2. The fraction of sp³-hybridized carbons (Fsp3) is 0.500. The Balaban J connectivity index is 2.84. The number of carboxylic acids is 1. The van der Waals surface area contributed by atoms with Crippen LogP contribution in [0.5, 0.6) is 0 Å². The summed E-state index contributed by atoms with van der Waals surface area (Å²) in [5, 5.41) is 17.9. The summed E-state index contributed by atoms with van der Waals surface area (Å²) in [5.74, 6) is -1.04. The first-order valence-corrected chi connectivity index (χ1v) is 5.74. The second-order valence-corrected chi connectivity index (χ2v) is 3.77. The van der Waals surface area contributed by atoms with Gasteiger partial charge in [0.2, 0.25) is 0 Å². The zero-order chi connectivity index (χ0) is 12.7. The molecule has 5 nitrogen and oxygen atoms in total. The quantitative estimate of drug-likeness (QED) is 0.750. The first-order chi connectivity index (χ1) is 8.19. The van der Waals surface area contributed by atoms with Gasteiger partial charge in [0, 0.05) is 25.0 Å². The third-order valence-electron chi connectivity index (χ3n) is 2.48. The molecule has 1 aromatic rings. The lowest BCUT2D eigenvalue weighted by atomic mass is 10.2. The first-order valence-electron chi connectivity index (χ1n) is 5.74. The maximum atomic E-state index is 10.8. The van der Waals surface area contributed by atoms with Crippen molar-refractivity contribution in [2.24, 2.45) is 0 Å². The van der Waals surface area contributed by atoms with Crippen molar-refractivity contribution in [3.63, 3.8) is 0 Å². The number of anilines is 1. The second kappa shape index (κ2) is 6.85. The number of aliphatic hydroxyl groups is 1. The van der Waals surface area contributed by atoms with Gasteiger partial charge in [0.15, 0.2) is 0 Å². The third kappa shape index (κ3) is 4.03. The highest BCUT2D eigenvalue weighted by Crippen LogP contribution is 2.15. The number of aromatic carboxylic acids is 1. The Kier molecular flexibility index (Phi) is 5.42. The standard InChI is InChI=1S/C12H18N2O3/c1-2-3-6-14(7-8-15)10-4-5-13-11(9-10)12(16)17/h4-5,9,15H,2-3,6-8H2,1H3,(H,16,17). The SMILES string of the molecule is CCCCN(CCO)c1ccnc(C(=O)O)c1. The zero-order valence-electron chi connectivity index (χ0n) is 9.96. The summed E-state index contributed by atoms with van der Waals surface area (Å²) in [7, 11) is 0. The van der Waals surface area contributed by atoms with Crippen LogP contribution in [0.25, 0.3) is 0 Å². The van der Waals surface area contributed by atoms with E-state index in [2.05, 4.69) is 11.9 Å². The van der Waals surface area contributed by atoms with Crippen LogP contribution in [-0.2, 0) is 0 Å². The smallest absolute Gasteiger partial charge is 0.354 e. The van der Waals surface area contributed by atoms with Crippen LogP contribution >= 0.6 is 0 Å². The van der Waals surface area contributed by atoms with Crippen molar-refractivity contribution in [2.75, 3.05) is 24.6 Å². The van der Waals surface area contributed by atoms with Gasteiger partial charge < -0.3 is 15.1 Å². The molecule has 1 aromatic heterocycles. The molecular weight excluding hydrogens is 220 g/mol. The van der Waals surface area contributed by atoms with Crippen molar-refractivity contribution in [3.05, 3.63) is 24.0 Å². The van der Waals surface area contributed by atoms with Crippen LogP contribution in [0.1, 0.15) is 30.3 Å². The Hall–Kier alpha value is -1.62. The average molecular weight is 238 g/mol. The van der Waals surface area contributed by atoms with E-state index in [1.165, 1.54) is 12.3 Å². The van der Waals surface area contributed by atoms with E-state index < -0.39 is 5.97 Å². The maximum Gasteiger partial charge on any atom is 0.354 e. The van der Waals surface area contributed by atoms with Gasteiger partial charge in [-0.1, -0.05) is 13.3 Å². The van der Waals surface area contributed by atoms with Crippen LogP contribution in [0.2, 0.25) is 0 Å². The summed E-state index contributed by atoms with van der Waals surface area (Å²) in [6.45, 7) is 3.45. The maximum absolute atomic E-state index is 10.8. The second-order valence-electron chi connectivity index (χ2n) is 3.77. The summed E-state index contributed by atoms with van der Waals surface area (Å²) >= 11 is 0. The van der Waals surface area contributed by atoms with Gasteiger partial charge in [-0.2, -0.15) is 0 Å². The van der Waals surface area contributed by atoms with Crippen LogP contribution in [-0.4, -0.2) is 40.9 Å². The molecule has 0 aliphatic carbocycles. The van der Waals surface area contributed by atoms with E-state index >= 15 is 0 Å². The molecule has 2 N–H and O–H groups in total. The van der Waals surface area contributed by atoms with Gasteiger partial charge in [-0.15, -0.1) is 0 Å². The zero-order valence-corrected chi connectivity index (χ0v) is 9.96. The molecule has 0 unspecified atom stereocenters. The first kappa shape index (κ1) is 13.4. The fourth-order valence-corrected chi connectivity index (χ4v) is 1.57. The average Bonchev–Trinajstić information content (AvgIpc) is 2.34. The number of hydrogen-bond acceptors (Lipinski definition) is 4. The molecule has 0 aromatic carbocycles. The summed E-state index contributed by atoms with van der Waals surface area (Å²) in [4.78, 5) is 16.6. The van der Waals surface area contributed by atoms with Crippen molar-refractivity contribution >= 4 is 11.7 Å². The Morgan fingerprint density at radius 1 is 1.47 bits per heavy atom. The van der Waals surface area contributed by atoms with E-state index in [-0.39, 0.29) is 12.3 Å². The van der Waals surface area contributed by atoms with E-state index in [9.17, 15) is 4.79 Å². The minimum absolute atomic E-state index is 0.0296. The molecule has 0 saturated heterocycles. The molecule has 0 aliphatic rings. The van der Waals surface area contributed by atoms with E-state index in [0.717, 1.165) is 25.1 Å². The van der Waals surface area contributed by atoms with Gasteiger partial charge in [0.25, 0.3) is 0 Å². The molecule has 0 bridgehead atoms. The molecule has 1 heterocycles. The van der Waals surface area contributed by atoms with E-state index in [1.54, 1.807) is 6.07 Å². The molecule has 0 aliphatic heterocycles. The molecular formula is C12H18N2O3. The number of aliphatic hydroxyl groups excluding tert-OH is 1. The number of pyridine rings is 1. The largest absolute Gasteiger partial charge is 0.477 e. The van der Waals surface area contributed by atoms with E-state index in [4.69, 9.17) is 10.2 Å². The minimum atomic E-state index is -1.04. The molecule has 0 fully saturated rings. The monoisotopic (exact) mass is 238 g/mol. The normalized spacial score (nSPS) is 10.2. The van der Waals surface area contributed by atoms with Crippen LogP contribution in [0.3, 0.4) is 0 Å². The summed E-state index contributed by atoms with van der Waals surface area (Å²) in [6, 6.07) is 3.30. The van der Waals surface area contributed by atoms with Gasteiger partial charge in [0.05, 0.1) is 6.61 Å². The predicted octanol–water partition coefficient (Wildman–Crippen LogP) is 1.38. The number of hydrogen-bond donors (Lipinski definition) is 2. The molecule has 17 heavy (non-hydrogen) atoms. The van der Waals surface area contributed by atoms with Gasteiger partial charge >= 0.3 is 5.97 Å². The number of carbonyl (C=O) groups is 1. The minimum Gasteiger partial charge on any atom is -0.477 e. The van der Waals surface area contributed by atoms with Crippen LogP contribution in [0.15, 0.2) is 18.3 Å². The summed E-state index contributed by atoms with van der Waals surface area (Å²) < 4.78 is 0. The van der Waals surface area contributed by atoms with Gasteiger partial charge in [-0.3, -0.25) is 0 Å². The Labute approximate surface area is 101 Å². The lowest BCUT2D eigenvalue weighted by Gasteiger charge is -2.23. The predicted molar refractivity (Wildman–Crippen MR) is 65.4 cm³/mol. The van der Waals surface area contributed by atoms with Gasteiger partial charge in [-0.05, 0) is 18.6 Å². The molecule has 0 spiro atoms. The van der Waals surface area contributed by atoms with Crippen LogP contribution in [0.4, 0.5) is 5.69 Å². The lowest BCUT2D eigenvalue weighted by molar-refractivity contribution is 0.0690. The fourth-order valence-electron chi connectivity index (χ4n) is 1.57. The van der Waals surface area contributed by atoms with Crippen molar-refractivity contribution in [1.29, 1.82) is 0 Å². The van der Waals surface area contributed by atoms with E-state index in [0.29, 0.717) is 6.54 Å². The van der Waals surface area contributed by atoms with Crippen LogP contribution < -0.4 is 4.90 Å². The Bertz CT molecular complexity index is 369. The molecule has 94 valence electrons. The molecule has 0 amide bonds. The molecule has 0 atom stereocenters. The number of aromatic nitrogens is 1. The molecule has 0 saturated carbocycles. The molecule has 5 heteroatoms. The number of unbranched alkanes of at least 4 members (excludes halogenated alkanes) is 1. The molecule has 0 radical (unpaired) electrons. The highest BCUT2D eigenvalue weighted by molar-refractivity contribution is 5.86. The third-order valence-corrected chi connectivity index (χ3v) is 2.48. The Morgan fingerprint density at radius 3 is 2.82 bits per heavy atom. The highest BCUT2D eigenvalue weighted by atomic mass is 16.4. The number of carboxylic acid groups (broad SMARTS) is 1. The lowest BCUT2D eigenvalue weighted by Crippen LogP contribution is -2.28. The van der Waals surface area contributed by atoms with Gasteiger partial charge in [0.1, 0.15) is 5.69 Å². The van der Waals surface area contributed by atoms with Crippen molar-refractivity contribution in [3.8, 4) is 0 Å². The van der Waals surface area contributed by atoms with Crippen LogP contribution in [0, 0.1) is 0 Å². The topological polar surface area (TPSA) is 73.7 Å². The summed E-state index contributed by atoms with van der Waals surface area (Å²) in [6.07, 6.45) is 3.54. The van der Waals surface area contributed by atoms with Crippen molar-refractivity contribution in [2.45, 2.75) is 19.8 Å². The Morgan fingerprint density at radius 2 is 2.24 bits per heavy atom. The van der Waals surface area contributed by atoms with Gasteiger partial charge in [-0.25, -0.2) is 9.78 Å². The number of rotatable bonds is 7. The van der Waals surface area contributed by atoms with Crippen molar-refractivity contribution in [1.82, 2.24) is 4.98 Å².